The molecule has 5 aliphatic rings. The van der Waals surface area contributed by atoms with Crippen molar-refractivity contribution in [3.8, 4) is 22.6 Å². The van der Waals surface area contributed by atoms with Gasteiger partial charge in [-0.3, -0.25) is 0 Å². The summed E-state index contributed by atoms with van der Waals surface area (Å²) in [6.45, 7) is 4.82. The number of fused-ring (bicyclic) bond motifs is 6. The predicted molar refractivity (Wildman–Crippen MR) is 187 cm³/mol. The van der Waals surface area contributed by atoms with Gasteiger partial charge in [0.15, 0.2) is 5.52 Å². The first-order chi connectivity index (χ1) is 23.6. The number of rotatable bonds is 1. The van der Waals surface area contributed by atoms with E-state index < -0.39 is 5.66 Å². The number of hydrogen-bond acceptors (Lipinski definition) is 1. The molecule has 5 heteroatoms. The van der Waals surface area contributed by atoms with Crippen molar-refractivity contribution in [3.05, 3.63) is 161 Å². The number of para-hydroxylation sites is 2. The zero-order chi connectivity index (χ0) is 31.3. The second kappa shape index (κ2) is 7.45. The fourth-order valence-electron chi connectivity index (χ4n) is 10.4. The molecule has 0 fully saturated rings. The standard InChI is InChI=1S/C43H29N5/c1-42(2)31-15-8-14-29-30-22-27-21-26-13-6-7-17-33(26)47-35-19-9-18-34-36(35)43(46-24-28(23-45(34)46)25-11-4-3-5-12-25)37(38(27)47)40(30)48(39(29)31)41-32(42)16-10-20-44(41)43/h3-20,22-24H,21H2,1-2H3/q+2. The van der Waals surface area contributed by atoms with Gasteiger partial charge in [0.2, 0.25) is 6.20 Å². The van der Waals surface area contributed by atoms with Crippen LogP contribution < -0.4 is 14.1 Å². The predicted octanol–water partition coefficient (Wildman–Crippen LogP) is 8.07. The van der Waals surface area contributed by atoms with Crippen LogP contribution in [-0.2, 0) is 17.5 Å². The Hall–Kier alpha value is -5.94. The lowest BCUT2D eigenvalue weighted by Gasteiger charge is -2.43. The number of aromatic nitrogens is 4. The molecule has 0 aliphatic carbocycles. The summed E-state index contributed by atoms with van der Waals surface area (Å²) in [7, 11) is 0. The van der Waals surface area contributed by atoms with Gasteiger partial charge in [-0.25, -0.2) is 0 Å². The summed E-state index contributed by atoms with van der Waals surface area (Å²) in [6.07, 6.45) is 8.01. The van der Waals surface area contributed by atoms with Crippen molar-refractivity contribution in [3.63, 3.8) is 0 Å². The molecule has 1 atom stereocenters. The van der Waals surface area contributed by atoms with Crippen LogP contribution in [0.2, 0.25) is 0 Å². The van der Waals surface area contributed by atoms with Crippen molar-refractivity contribution in [2.45, 2.75) is 31.3 Å². The molecular formula is C43H29N5+2. The van der Waals surface area contributed by atoms with Gasteiger partial charge in [0.05, 0.1) is 34.9 Å². The maximum atomic E-state index is 2.64. The minimum absolute atomic E-state index is 0.171. The molecule has 224 valence electrons. The molecular weight excluding hydrogens is 587 g/mol. The first-order valence-electron chi connectivity index (χ1n) is 17.0. The summed E-state index contributed by atoms with van der Waals surface area (Å²) in [5, 5.41) is 2.70. The lowest BCUT2D eigenvalue weighted by Crippen LogP contribution is -2.77. The highest BCUT2D eigenvalue weighted by Crippen LogP contribution is 2.62. The topological polar surface area (TPSA) is 20.9 Å². The Morgan fingerprint density at radius 1 is 0.646 bits per heavy atom. The molecule has 0 saturated heterocycles. The highest BCUT2D eigenvalue weighted by molar-refractivity contribution is 6.16. The third-order valence-corrected chi connectivity index (χ3v) is 12.2. The normalized spacial score (nSPS) is 18.8. The van der Waals surface area contributed by atoms with Crippen LogP contribution in [0.1, 0.15) is 47.2 Å². The first kappa shape index (κ1) is 24.3. The third-order valence-electron chi connectivity index (χ3n) is 12.2. The minimum atomic E-state index is -0.630. The van der Waals surface area contributed by atoms with Crippen LogP contribution in [0.4, 0.5) is 17.1 Å². The monoisotopic (exact) mass is 615 g/mol. The lowest BCUT2D eigenvalue weighted by molar-refractivity contribution is -0.993. The van der Waals surface area contributed by atoms with E-state index in [1.54, 1.807) is 0 Å². The number of benzene rings is 5. The van der Waals surface area contributed by atoms with E-state index in [2.05, 4.69) is 165 Å². The average molecular weight is 616 g/mol. The van der Waals surface area contributed by atoms with E-state index in [0.717, 1.165) is 6.42 Å². The molecule has 0 amide bonds. The van der Waals surface area contributed by atoms with E-state index >= 15 is 0 Å². The van der Waals surface area contributed by atoms with Gasteiger partial charge in [-0.2, -0.15) is 9.13 Å². The fraction of sp³-hybridized carbons (Fsp3) is 0.116. The summed E-state index contributed by atoms with van der Waals surface area (Å²) >= 11 is 0. The molecule has 8 heterocycles. The minimum Gasteiger partial charge on any atom is -0.308 e. The van der Waals surface area contributed by atoms with Gasteiger partial charge in [0, 0.05) is 33.9 Å². The molecule has 13 rings (SSSR count). The highest BCUT2D eigenvalue weighted by atomic mass is 15.5. The molecule has 5 aliphatic heterocycles. The van der Waals surface area contributed by atoms with E-state index in [9.17, 15) is 0 Å². The van der Waals surface area contributed by atoms with Gasteiger partial charge in [-0.1, -0.05) is 85.3 Å². The highest BCUT2D eigenvalue weighted by Gasteiger charge is 2.70. The Morgan fingerprint density at radius 2 is 1.44 bits per heavy atom. The van der Waals surface area contributed by atoms with Crippen LogP contribution in [0.5, 0.6) is 0 Å². The number of hydrogen-bond donors (Lipinski definition) is 0. The molecule has 0 saturated carbocycles. The summed E-state index contributed by atoms with van der Waals surface area (Å²) in [4.78, 5) is 2.60. The van der Waals surface area contributed by atoms with Crippen LogP contribution >= 0.6 is 0 Å². The van der Waals surface area contributed by atoms with Gasteiger partial charge >= 0.3 is 5.66 Å². The van der Waals surface area contributed by atoms with Gasteiger partial charge in [0.1, 0.15) is 22.3 Å². The zero-order valence-electron chi connectivity index (χ0n) is 26.6. The molecule has 8 aromatic rings. The van der Waals surface area contributed by atoms with Gasteiger partial charge in [-0.05, 0) is 59.2 Å². The Morgan fingerprint density at radius 3 is 2.35 bits per heavy atom. The molecule has 0 bridgehead atoms. The number of anilines is 3. The van der Waals surface area contributed by atoms with E-state index in [1.807, 2.05) is 0 Å². The van der Waals surface area contributed by atoms with E-state index in [1.165, 1.54) is 94.9 Å². The molecule has 1 unspecified atom stereocenters. The van der Waals surface area contributed by atoms with Gasteiger partial charge in [0.25, 0.3) is 5.82 Å². The molecule has 0 radical (unpaired) electrons. The van der Waals surface area contributed by atoms with E-state index in [-0.39, 0.29) is 5.41 Å². The van der Waals surface area contributed by atoms with Crippen LogP contribution in [-0.4, -0.2) is 9.25 Å². The Kier molecular flexibility index (Phi) is 3.76. The smallest absolute Gasteiger partial charge is 0.308 e. The van der Waals surface area contributed by atoms with Gasteiger partial charge in [-0.15, -0.1) is 4.68 Å². The second-order valence-electron chi connectivity index (χ2n) is 14.7. The Balaban J connectivity index is 1.33. The Bertz CT molecular complexity index is 2850. The van der Waals surface area contributed by atoms with Crippen molar-refractivity contribution in [2.75, 3.05) is 4.90 Å². The van der Waals surface area contributed by atoms with Gasteiger partial charge < -0.3 is 4.90 Å². The molecule has 0 N–H and O–H groups in total. The SMILES string of the molecule is CC1(C)c2ccc[n+]3c2-n2c4c1cccc4c1cc4c5c(c12)C31c2c(cccc2-n2cc(-c3ccccc3)c[n+]21)N5c1ccccc1C4. The molecule has 1 spiro atoms. The van der Waals surface area contributed by atoms with Crippen molar-refractivity contribution >= 4 is 38.9 Å². The summed E-state index contributed by atoms with van der Waals surface area (Å²) in [5.41, 5.74) is 17.7. The summed E-state index contributed by atoms with van der Waals surface area (Å²) < 4.78 is 10.3. The molecule has 48 heavy (non-hydrogen) atoms. The number of nitrogens with zero attached hydrogens (tertiary/aromatic N) is 5. The maximum Gasteiger partial charge on any atom is 0.394 e. The largest absolute Gasteiger partial charge is 0.394 e. The zero-order valence-corrected chi connectivity index (χ0v) is 26.6. The molecule has 5 nitrogen and oxygen atoms in total. The van der Waals surface area contributed by atoms with Crippen LogP contribution in [0.3, 0.4) is 0 Å². The van der Waals surface area contributed by atoms with Crippen molar-refractivity contribution in [1.29, 1.82) is 0 Å². The first-order valence-corrected chi connectivity index (χ1v) is 17.0. The summed E-state index contributed by atoms with van der Waals surface area (Å²) in [5.74, 6) is 1.28. The quantitative estimate of drug-likeness (QED) is 0.171. The maximum absolute atomic E-state index is 2.64. The van der Waals surface area contributed by atoms with E-state index in [4.69, 9.17) is 0 Å². The lowest BCUT2D eigenvalue weighted by atomic mass is 9.74. The average Bonchev–Trinajstić information content (AvgIpc) is 3.79. The van der Waals surface area contributed by atoms with Crippen LogP contribution in [0.25, 0.3) is 44.4 Å². The van der Waals surface area contributed by atoms with E-state index in [0.29, 0.717) is 0 Å². The van der Waals surface area contributed by atoms with Crippen LogP contribution in [0.15, 0.2) is 128 Å². The van der Waals surface area contributed by atoms with Crippen molar-refractivity contribution in [2.24, 2.45) is 0 Å². The number of pyridine rings is 1. The molecule has 5 aromatic carbocycles. The molecule has 3 aromatic heterocycles. The van der Waals surface area contributed by atoms with Crippen molar-refractivity contribution in [1.82, 2.24) is 9.25 Å². The Labute approximate surface area is 276 Å². The fourth-order valence-corrected chi connectivity index (χ4v) is 10.4. The van der Waals surface area contributed by atoms with Crippen molar-refractivity contribution < 1.29 is 9.25 Å². The third kappa shape index (κ3) is 2.30. The second-order valence-corrected chi connectivity index (χ2v) is 14.7. The summed E-state index contributed by atoms with van der Waals surface area (Å²) in [6, 6.07) is 41.0. The van der Waals surface area contributed by atoms with Crippen LogP contribution in [0, 0.1) is 0 Å².